The van der Waals surface area contributed by atoms with E-state index in [0.717, 1.165) is 18.1 Å². The van der Waals surface area contributed by atoms with Crippen LogP contribution in [0.15, 0.2) is 18.3 Å². The molecule has 0 radical (unpaired) electrons. The van der Waals surface area contributed by atoms with Gasteiger partial charge in [-0.3, -0.25) is 0 Å². The summed E-state index contributed by atoms with van der Waals surface area (Å²) in [6.07, 6.45) is 4.10. The highest BCUT2D eigenvalue weighted by atomic mass is 32.2. The summed E-state index contributed by atoms with van der Waals surface area (Å²) in [7, 11) is 2.11. The van der Waals surface area contributed by atoms with Crippen molar-refractivity contribution >= 4 is 17.6 Å². The van der Waals surface area contributed by atoms with Gasteiger partial charge in [0.05, 0.1) is 0 Å². The zero-order chi connectivity index (χ0) is 13.5. The Labute approximate surface area is 115 Å². The van der Waals surface area contributed by atoms with Gasteiger partial charge in [-0.2, -0.15) is 11.8 Å². The highest BCUT2D eigenvalue weighted by Crippen LogP contribution is 2.14. The fraction of sp³-hybridized carbons (Fsp3) is 0.643. The molecule has 1 rings (SSSR count). The van der Waals surface area contributed by atoms with Crippen molar-refractivity contribution < 1.29 is 0 Å². The lowest BCUT2D eigenvalue weighted by molar-refractivity contribution is 0.588. The van der Waals surface area contributed by atoms with Crippen LogP contribution in [0.3, 0.4) is 0 Å². The molecule has 0 aliphatic carbocycles. The van der Waals surface area contributed by atoms with Crippen molar-refractivity contribution in [3.63, 3.8) is 0 Å². The third-order valence-corrected chi connectivity index (χ3v) is 3.77. The number of rotatable bonds is 7. The SMILES string of the molecule is CSCC(C)N(C)c1ccc(CNC(C)C)cn1. The zero-order valence-electron chi connectivity index (χ0n) is 12.1. The topological polar surface area (TPSA) is 28.2 Å². The van der Waals surface area contributed by atoms with Gasteiger partial charge in [0.1, 0.15) is 5.82 Å². The quantitative estimate of drug-likeness (QED) is 0.822. The van der Waals surface area contributed by atoms with Crippen molar-refractivity contribution in [2.75, 3.05) is 24.0 Å². The minimum Gasteiger partial charge on any atom is -0.356 e. The summed E-state index contributed by atoms with van der Waals surface area (Å²) >= 11 is 1.87. The Morgan fingerprint density at radius 2 is 2.06 bits per heavy atom. The predicted molar refractivity (Wildman–Crippen MR) is 82.5 cm³/mol. The van der Waals surface area contributed by atoms with E-state index in [1.807, 2.05) is 18.0 Å². The minimum atomic E-state index is 0.507. The number of pyridine rings is 1. The molecule has 0 saturated heterocycles. The molecule has 0 saturated carbocycles. The molecule has 4 heteroatoms. The Kier molecular flexibility index (Phi) is 6.50. The van der Waals surface area contributed by atoms with Gasteiger partial charge in [0.15, 0.2) is 0 Å². The molecule has 0 bridgehead atoms. The van der Waals surface area contributed by atoms with Crippen LogP contribution >= 0.6 is 11.8 Å². The average Bonchev–Trinajstić information content (AvgIpc) is 2.36. The maximum atomic E-state index is 4.54. The summed E-state index contributed by atoms with van der Waals surface area (Å²) in [6.45, 7) is 7.42. The van der Waals surface area contributed by atoms with E-state index in [2.05, 4.69) is 61.4 Å². The Morgan fingerprint density at radius 3 is 2.56 bits per heavy atom. The first-order valence-corrected chi connectivity index (χ1v) is 7.84. The maximum absolute atomic E-state index is 4.54. The lowest BCUT2D eigenvalue weighted by Crippen LogP contribution is -2.31. The third kappa shape index (κ3) is 4.86. The fourth-order valence-corrected chi connectivity index (χ4v) is 2.34. The lowest BCUT2D eigenvalue weighted by atomic mass is 10.2. The predicted octanol–water partition coefficient (Wildman–Crippen LogP) is 2.77. The average molecular weight is 267 g/mol. The summed E-state index contributed by atoms with van der Waals surface area (Å²) in [6, 6.07) is 5.27. The Balaban J connectivity index is 2.58. The van der Waals surface area contributed by atoms with Gasteiger partial charge >= 0.3 is 0 Å². The second kappa shape index (κ2) is 7.64. The van der Waals surface area contributed by atoms with Crippen molar-refractivity contribution in [3.8, 4) is 0 Å². The molecule has 18 heavy (non-hydrogen) atoms. The van der Waals surface area contributed by atoms with Crippen LogP contribution in [0.5, 0.6) is 0 Å². The van der Waals surface area contributed by atoms with Crippen LogP contribution in [0.2, 0.25) is 0 Å². The monoisotopic (exact) mass is 267 g/mol. The van der Waals surface area contributed by atoms with Gasteiger partial charge in [0.25, 0.3) is 0 Å². The van der Waals surface area contributed by atoms with Gasteiger partial charge in [-0.15, -0.1) is 0 Å². The van der Waals surface area contributed by atoms with E-state index < -0.39 is 0 Å². The number of hydrogen-bond donors (Lipinski definition) is 1. The van der Waals surface area contributed by atoms with E-state index in [-0.39, 0.29) is 0 Å². The van der Waals surface area contributed by atoms with Crippen molar-refractivity contribution in [1.82, 2.24) is 10.3 Å². The second-order valence-electron chi connectivity index (χ2n) is 4.98. The fourth-order valence-electron chi connectivity index (χ4n) is 1.63. The summed E-state index contributed by atoms with van der Waals surface area (Å²) in [5, 5.41) is 3.40. The molecule has 0 aromatic carbocycles. The molecule has 102 valence electrons. The number of thioether (sulfide) groups is 1. The van der Waals surface area contributed by atoms with Crippen LogP contribution in [-0.2, 0) is 6.54 Å². The molecule has 0 fully saturated rings. The molecule has 0 aliphatic heterocycles. The van der Waals surface area contributed by atoms with E-state index in [4.69, 9.17) is 0 Å². The smallest absolute Gasteiger partial charge is 0.128 e. The first kappa shape index (κ1) is 15.3. The summed E-state index contributed by atoms with van der Waals surface area (Å²) in [5.74, 6) is 2.17. The number of hydrogen-bond acceptors (Lipinski definition) is 4. The largest absolute Gasteiger partial charge is 0.356 e. The normalized spacial score (nSPS) is 12.8. The van der Waals surface area contributed by atoms with Crippen LogP contribution in [-0.4, -0.2) is 36.1 Å². The van der Waals surface area contributed by atoms with Gasteiger partial charge in [-0.1, -0.05) is 19.9 Å². The minimum absolute atomic E-state index is 0.507. The van der Waals surface area contributed by atoms with Crippen molar-refractivity contribution in [1.29, 1.82) is 0 Å². The molecule has 1 aromatic heterocycles. The molecule has 0 spiro atoms. The summed E-state index contributed by atoms with van der Waals surface area (Å²) in [4.78, 5) is 6.77. The Morgan fingerprint density at radius 1 is 1.33 bits per heavy atom. The lowest BCUT2D eigenvalue weighted by Gasteiger charge is -2.25. The van der Waals surface area contributed by atoms with Crippen molar-refractivity contribution in [3.05, 3.63) is 23.9 Å². The van der Waals surface area contributed by atoms with Gasteiger partial charge in [0, 0.05) is 37.6 Å². The molecule has 1 heterocycles. The molecule has 0 aliphatic rings. The molecule has 1 N–H and O–H groups in total. The van der Waals surface area contributed by atoms with Gasteiger partial charge in [0.2, 0.25) is 0 Å². The Hall–Kier alpha value is -0.740. The molecule has 1 unspecified atom stereocenters. The van der Waals surface area contributed by atoms with Crippen molar-refractivity contribution in [2.24, 2.45) is 0 Å². The van der Waals surface area contributed by atoms with E-state index in [1.54, 1.807) is 0 Å². The number of aromatic nitrogens is 1. The zero-order valence-corrected chi connectivity index (χ0v) is 12.9. The van der Waals surface area contributed by atoms with E-state index in [1.165, 1.54) is 5.56 Å². The molecule has 1 atom stereocenters. The van der Waals surface area contributed by atoms with Gasteiger partial charge < -0.3 is 10.2 Å². The standard InChI is InChI=1S/C14H25N3S/c1-11(2)15-8-13-6-7-14(16-9-13)17(4)12(3)10-18-5/h6-7,9,11-12,15H,8,10H2,1-5H3. The second-order valence-corrected chi connectivity index (χ2v) is 5.89. The van der Waals surface area contributed by atoms with Crippen LogP contribution in [0, 0.1) is 0 Å². The van der Waals surface area contributed by atoms with Crippen LogP contribution in [0.25, 0.3) is 0 Å². The third-order valence-electron chi connectivity index (χ3n) is 2.95. The summed E-state index contributed by atoms with van der Waals surface area (Å²) < 4.78 is 0. The number of anilines is 1. The highest BCUT2D eigenvalue weighted by Gasteiger charge is 2.10. The highest BCUT2D eigenvalue weighted by molar-refractivity contribution is 7.98. The number of nitrogens with one attached hydrogen (secondary N) is 1. The number of nitrogens with zero attached hydrogens (tertiary/aromatic N) is 2. The van der Waals surface area contributed by atoms with Gasteiger partial charge in [-0.05, 0) is 24.8 Å². The van der Waals surface area contributed by atoms with E-state index in [0.29, 0.717) is 12.1 Å². The van der Waals surface area contributed by atoms with Crippen LogP contribution in [0.1, 0.15) is 26.3 Å². The Bertz CT molecular complexity index is 337. The molecular formula is C14H25N3S. The van der Waals surface area contributed by atoms with Gasteiger partial charge in [-0.25, -0.2) is 4.98 Å². The van der Waals surface area contributed by atoms with Crippen LogP contribution in [0.4, 0.5) is 5.82 Å². The molecular weight excluding hydrogens is 242 g/mol. The van der Waals surface area contributed by atoms with E-state index >= 15 is 0 Å². The van der Waals surface area contributed by atoms with Crippen LogP contribution < -0.4 is 10.2 Å². The molecule has 0 amide bonds. The first-order valence-electron chi connectivity index (χ1n) is 6.44. The maximum Gasteiger partial charge on any atom is 0.128 e. The molecule has 3 nitrogen and oxygen atoms in total. The molecule has 1 aromatic rings. The first-order chi connectivity index (χ1) is 8.54. The summed E-state index contributed by atoms with van der Waals surface area (Å²) in [5.41, 5.74) is 1.23. The van der Waals surface area contributed by atoms with E-state index in [9.17, 15) is 0 Å². The van der Waals surface area contributed by atoms with Crippen molar-refractivity contribution in [2.45, 2.75) is 39.4 Å².